The van der Waals surface area contributed by atoms with E-state index in [1.165, 1.54) is 26.0 Å². The molecular formula is C22H26F4O8S2. The van der Waals surface area contributed by atoms with E-state index in [-0.39, 0.29) is 11.3 Å². The van der Waals surface area contributed by atoms with Gasteiger partial charge in [-0.1, -0.05) is 32.9 Å². The average molecular weight is 559 g/mol. The van der Waals surface area contributed by atoms with E-state index in [4.69, 9.17) is 9.11 Å². The number of halogens is 4. The zero-order valence-electron chi connectivity index (χ0n) is 20.0. The monoisotopic (exact) mass is 558 g/mol. The zero-order valence-corrected chi connectivity index (χ0v) is 21.6. The molecule has 0 radical (unpaired) electrons. The number of benzene rings is 2. The number of hydrogen-bond acceptors (Lipinski definition) is 6. The third-order valence-electron chi connectivity index (χ3n) is 5.43. The molecule has 14 heteroatoms. The molecular weight excluding hydrogens is 532 g/mol. The molecule has 0 saturated heterocycles. The van der Waals surface area contributed by atoms with Crippen LogP contribution >= 0.6 is 0 Å². The topological polar surface area (TPSA) is 135 Å². The van der Waals surface area contributed by atoms with Gasteiger partial charge in [-0.25, -0.2) is 8.78 Å². The second-order valence-corrected chi connectivity index (χ2v) is 11.1. The summed E-state index contributed by atoms with van der Waals surface area (Å²) < 4.78 is 119. The molecule has 0 amide bonds. The first-order valence-corrected chi connectivity index (χ1v) is 13.3. The maximum Gasteiger partial charge on any atom is 0.317 e. The van der Waals surface area contributed by atoms with E-state index in [1.54, 1.807) is 19.1 Å². The molecule has 1 unspecified atom stereocenters. The van der Waals surface area contributed by atoms with Gasteiger partial charge in [-0.05, 0) is 50.3 Å². The lowest BCUT2D eigenvalue weighted by molar-refractivity contribution is -0.144. The van der Waals surface area contributed by atoms with Crippen molar-refractivity contribution >= 4 is 26.2 Å². The summed E-state index contributed by atoms with van der Waals surface area (Å²) in [6, 6.07) is 6.32. The summed E-state index contributed by atoms with van der Waals surface area (Å²) in [6.45, 7) is 8.44. The summed E-state index contributed by atoms with van der Waals surface area (Å²) in [5.41, 5.74) is -0.118. The molecule has 0 aliphatic rings. The lowest BCUT2D eigenvalue weighted by Gasteiger charge is -2.20. The Balaban J connectivity index is 0.000000397. The molecule has 0 aliphatic carbocycles. The lowest BCUT2D eigenvalue weighted by atomic mass is 9.91. The fourth-order valence-corrected chi connectivity index (χ4v) is 3.60. The fraction of sp³-hybridized carbons (Fsp3) is 0.409. The maximum atomic E-state index is 13.7. The van der Waals surface area contributed by atoms with Crippen molar-refractivity contribution in [2.24, 2.45) is 5.41 Å². The van der Waals surface area contributed by atoms with Crippen LogP contribution in [-0.2, 0) is 25.0 Å². The molecule has 202 valence electrons. The molecule has 0 aromatic heterocycles. The van der Waals surface area contributed by atoms with Crippen LogP contribution in [0.25, 0.3) is 0 Å². The van der Waals surface area contributed by atoms with Gasteiger partial charge in [0.2, 0.25) is 17.4 Å². The summed E-state index contributed by atoms with van der Waals surface area (Å²) >= 11 is 0. The van der Waals surface area contributed by atoms with Gasteiger partial charge < -0.3 is 4.74 Å². The van der Waals surface area contributed by atoms with Gasteiger partial charge in [-0.15, -0.1) is 0 Å². The van der Waals surface area contributed by atoms with Crippen molar-refractivity contribution in [2.45, 2.75) is 63.2 Å². The van der Waals surface area contributed by atoms with Crippen LogP contribution < -0.4 is 4.74 Å². The van der Waals surface area contributed by atoms with Crippen molar-refractivity contribution in [2.75, 3.05) is 0 Å². The first-order chi connectivity index (χ1) is 16.3. The van der Waals surface area contributed by atoms with Crippen molar-refractivity contribution in [1.82, 2.24) is 0 Å². The standard InChI is InChI=1S/C12H12F4O5S.C10H14O3S/c1-4-12(2,3)11(17)21-9-5(13)7(15)10(22(18,19)20)8(16)6(9)14;1-3-8(2)9-4-6-10(7-5-9)14(11,12)13/h4H2,1-3H3,(H,18,19,20);4-8H,3H2,1-2H3,(H,11,12,13). The van der Waals surface area contributed by atoms with Crippen LogP contribution in [-0.4, -0.2) is 31.9 Å². The second-order valence-electron chi connectivity index (χ2n) is 8.37. The van der Waals surface area contributed by atoms with E-state index >= 15 is 0 Å². The quantitative estimate of drug-likeness (QED) is 0.154. The smallest absolute Gasteiger partial charge is 0.317 e. The highest BCUT2D eigenvalue weighted by atomic mass is 32.2. The van der Waals surface area contributed by atoms with Crippen LogP contribution in [0.1, 0.15) is 58.9 Å². The molecule has 2 N–H and O–H groups in total. The van der Waals surface area contributed by atoms with Crippen molar-refractivity contribution in [3.8, 4) is 5.75 Å². The molecule has 0 aliphatic heterocycles. The molecule has 36 heavy (non-hydrogen) atoms. The Kier molecular flexibility index (Phi) is 10.2. The predicted octanol–water partition coefficient (Wildman–Crippen LogP) is 5.28. The molecule has 2 rings (SSSR count). The molecule has 0 spiro atoms. The van der Waals surface area contributed by atoms with E-state index in [1.807, 2.05) is 0 Å². The Morgan fingerprint density at radius 3 is 1.67 bits per heavy atom. The largest absolute Gasteiger partial charge is 0.420 e. The van der Waals surface area contributed by atoms with E-state index in [0.29, 0.717) is 5.92 Å². The molecule has 2 aromatic carbocycles. The Hall–Kier alpha value is -2.55. The van der Waals surface area contributed by atoms with E-state index in [0.717, 1.165) is 12.0 Å². The van der Waals surface area contributed by atoms with Crippen LogP contribution in [0.15, 0.2) is 34.1 Å². The summed E-state index contributed by atoms with van der Waals surface area (Å²) in [6.07, 6.45) is 1.20. The number of carbonyl (C=O) groups is 1. The van der Waals surface area contributed by atoms with Crippen LogP contribution in [0.3, 0.4) is 0 Å². The van der Waals surface area contributed by atoms with Crippen LogP contribution in [0.2, 0.25) is 0 Å². The third-order valence-corrected chi connectivity index (χ3v) is 7.17. The molecule has 0 fully saturated rings. The number of ether oxygens (including phenoxy) is 1. The minimum Gasteiger partial charge on any atom is -0.420 e. The van der Waals surface area contributed by atoms with Gasteiger partial charge in [-0.3, -0.25) is 13.9 Å². The number of rotatable bonds is 7. The predicted molar refractivity (Wildman–Crippen MR) is 121 cm³/mol. The van der Waals surface area contributed by atoms with E-state index in [9.17, 15) is 39.2 Å². The van der Waals surface area contributed by atoms with Gasteiger partial charge >= 0.3 is 16.1 Å². The van der Waals surface area contributed by atoms with Crippen LogP contribution in [0.5, 0.6) is 5.75 Å². The Morgan fingerprint density at radius 2 is 1.33 bits per heavy atom. The molecule has 2 aromatic rings. The molecule has 0 bridgehead atoms. The maximum absolute atomic E-state index is 13.7. The average Bonchev–Trinajstić information content (AvgIpc) is 2.79. The van der Waals surface area contributed by atoms with Crippen molar-refractivity contribution in [1.29, 1.82) is 0 Å². The summed E-state index contributed by atoms with van der Waals surface area (Å²) in [4.78, 5) is 9.46. The second kappa shape index (κ2) is 11.7. The number of hydrogen-bond donors (Lipinski definition) is 2. The van der Waals surface area contributed by atoms with Crippen molar-refractivity contribution in [3.63, 3.8) is 0 Å². The van der Waals surface area contributed by atoms with Crippen LogP contribution in [0.4, 0.5) is 17.6 Å². The van der Waals surface area contributed by atoms with Gasteiger partial charge in [-0.2, -0.15) is 25.6 Å². The van der Waals surface area contributed by atoms with Gasteiger partial charge in [0, 0.05) is 0 Å². The molecule has 0 saturated carbocycles. The first kappa shape index (κ1) is 31.5. The van der Waals surface area contributed by atoms with Gasteiger partial charge in [0.1, 0.15) is 0 Å². The highest BCUT2D eigenvalue weighted by Crippen LogP contribution is 2.34. The fourth-order valence-electron chi connectivity index (χ4n) is 2.49. The highest BCUT2D eigenvalue weighted by Gasteiger charge is 2.36. The minimum atomic E-state index is -5.56. The lowest BCUT2D eigenvalue weighted by Crippen LogP contribution is -2.29. The first-order valence-electron chi connectivity index (χ1n) is 10.4. The molecule has 0 heterocycles. The summed E-state index contributed by atoms with van der Waals surface area (Å²) in [5, 5.41) is 0. The molecule has 1 atom stereocenters. The Morgan fingerprint density at radius 1 is 0.889 bits per heavy atom. The minimum absolute atomic E-state index is 0.0513. The number of carbonyl (C=O) groups excluding carboxylic acids is 1. The summed E-state index contributed by atoms with van der Waals surface area (Å²) in [7, 11) is -9.61. The summed E-state index contributed by atoms with van der Waals surface area (Å²) in [5.74, 6) is -11.7. The third kappa shape index (κ3) is 7.48. The Labute approximate surface area is 206 Å². The highest BCUT2D eigenvalue weighted by molar-refractivity contribution is 7.86. The van der Waals surface area contributed by atoms with E-state index in [2.05, 4.69) is 18.6 Å². The SMILES string of the molecule is CCC(C)(C)C(=O)Oc1c(F)c(F)c(S(=O)(=O)O)c(F)c1F.CCC(C)c1ccc(S(=O)(=O)O)cc1. The normalized spacial score (nSPS) is 13.0. The number of esters is 1. The van der Waals surface area contributed by atoms with Crippen molar-refractivity contribution < 1.29 is 53.0 Å². The Bertz CT molecular complexity index is 1290. The zero-order chi connectivity index (χ0) is 28.2. The van der Waals surface area contributed by atoms with Gasteiger partial charge in [0.15, 0.2) is 16.5 Å². The van der Waals surface area contributed by atoms with Crippen LogP contribution in [0, 0.1) is 28.7 Å². The van der Waals surface area contributed by atoms with Gasteiger partial charge in [0.25, 0.3) is 10.1 Å². The van der Waals surface area contributed by atoms with Gasteiger partial charge in [0.05, 0.1) is 10.3 Å². The van der Waals surface area contributed by atoms with E-state index < -0.39 is 65.5 Å². The molecule has 8 nitrogen and oxygen atoms in total. The van der Waals surface area contributed by atoms with Crippen molar-refractivity contribution in [3.05, 3.63) is 53.1 Å².